The highest BCUT2D eigenvalue weighted by Crippen LogP contribution is 2.34. The monoisotopic (exact) mass is 282 g/mol. The number of aliphatic hydroxyl groups excluding tert-OH is 1. The van der Waals surface area contributed by atoms with E-state index in [-0.39, 0.29) is 6.61 Å². The molecule has 18 heavy (non-hydrogen) atoms. The van der Waals surface area contributed by atoms with Crippen molar-refractivity contribution in [3.05, 3.63) is 39.4 Å². The largest absolute Gasteiger partial charge is 0.391 e. The molecule has 0 aliphatic rings. The molecule has 0 radical (unpaired) electrons. The summed E-state index contributed by atoms with van der Waals surface area (Å²) in [6.07, 6.45) is 0. The second-order valence-corrected chi connectivity index (χ2v) is 5.64. The van der Waals surface area contributed by atoms with Gasteiger partial charge in [0.1, 0.15) is 5.15 Å². The van der Waals surface area contributed by atoms with Crippen LogP contribution in [0.4, 0.5) is 10.8 Å². The summed E-state index contributed by atoms with van der Waals surface area (Å²) in [5.74, 6) is 0. The normalized spacial score (nSPS) is 10.7. The van der Waals surface area contributed by atoms with E-state index in [1.807, 2.05) is 11.9 Å². The Balaban J connectivity index is 2.37. The van der Waals surface area contributed by atoms with Crippen LogP contribution in [0.25, 0.3) is 0 Å². The lowest BCUT2D eigenvalue weighted by Gasteiger charge is -2.18. The van der Waals surface area contributed by atoms with Crippen LogP contribution in [0.2, 0.25) is 5.15 Å². The number of aryl methyl sites for hydroxylation is 2. The van der Waals surface area contributed by atoms with Crippen molar-refractivity contribution in [1.29, 1.82) is 0 Å². The fraction of sp³-hybridized carbons (Fsp3) is 0.308. The number of hydrogen-bond donors (Lipinski definition) is 1. The molecule has 0 bridgehead atoms. The zero-order valence-corrected chi connectivity index (χ0v) is 12.1. The Morgan fingerprint density at radius 2 is 2.11 bits per heavy atom. The standard InChI is InChI=1S/C13H15ClN2OS/c1-8-4-5-10(9(2)6-8)16(3)13-15-12(14)11(7-17)18-13/h4-6,17H,7H2,1-3H3. The fourth-order valence-corrected chi connectivity index (χ4v) is 2.94. The van der Waals surface area contributed by atoms with Gasteiger partial charge in [-0.25, -0.2) is 4.98 Å². The van der Waals surface area contributed by atoms with Crippen molar-refractivity contribution in [2.24, 2.45) is 0 Å². The van der Waals surface area contributed by atoms with Crippen molar-refractivity contribution in [2.75, 3.05) is 11.9 Å². The minimum absolute atomic E-state index is 0.0722. The Labute approximate surface area is 116 Å². The third kappa shape index (κ3) is 2.51. The van der Waals surface area contributed by atoms with Crippen LogP contribution < -0.4 is 4.90 Å². The van der Waals surface area contributed by atoms with Crippen LogP contribution in [0.1, 0.15) is 16.0 Å². The summed E-state index contributed by atoms with van der Waals surface area (Å²) in [4.78, 5) is 6.96. The molecule has 0 amide bonds. The highest BCUT2D eigenvalue weighted by atomic mass is 35.5. The van der Waals surface area contributed by atoms with Gasteiger partial charge < -0.3 is 10.0 Å². The highest BCUT2D eigenvalue weighted by Gasteiger charge is 2.14. The molecule has 1 heterocycles. The number of aliphatic hydroxyl groups is 1. The third-order valence-electron chi connectivity index (χ3n) is 2.78. The van der Waals surface area contributed by atoms with Gasteiger partial charge in [0.25, 0.3) is 0 Å². The van der Waals surface area contributed by atoms with Crippen molar-refractivity contribution < 1.29 is 5.11 Å². The average Bonchev–Trinajstić information content (AvgIpc) is 2.70. The first-order chi connectivity index (χ1) is 8.52. The topological polar surface area (TPSA) is 36.4 Å². The van der Waals surface area contributed by atoms with Crippen molar-refractivity contribution in [3.63, 3.8) is 0 Å². The predicted molar refractivity (Wildman–Crippen MR) is 77.0 cm³/mol. The summed E-state index contributed by atoms with van der Waals surface area (Å²) in [6, 6.07) is 6.27. The molecule has 0 saturated carbocycles. The summed E-state index contributed by atoms with van der Waals surface area (Å²) in [5.41, 5.74) is 3.52. The van der Waals surface area contributed by atoms with Crippen LogP contribution in [0.3, 0.4) is 0 Å². The van der Waals surface area contributed by atoms with E-state index in [9.17, 15) is 0 Å². The molecule has 1 N–H and O–H groups in total. The molecule has 0 saturated heterocycles. The Bertz CT molecular complexity index is 568. The molecule has 2 rings (SSSR count). The summed E-state index contributed by atoms with van der Waals surface area (Å²) in [5, 5.41) is 10.3. The molecule has 0 aliphatic heterocycles. The number of aromatic nitrogens is 1. The first-order valence-corrected chi connectivity index (χ1v) is 6.79. The van der Waals surface area contributed by atoms with Crippen molar-refractivity contribution in [2.45, 2.75) is 20.5 Å². The van der Waals surface area contributed by atoms with Gasteiger partial charge in [-0.3, -0.25) is 0 Å². The molecule has 3 nitrogen and oxygen atoms in total. The Kier molecular flexibility index (Phi) is 3.90. The predicted octanol–water partition coefficient (Wildman–Crippen LogP) is 3.67. The van der Waals surface area contributed by atoms with Gasteiger partial charge in [-0.05, 0) is 25.5 Å². The molecule has 0 spiro atoms. The highest BCUT2D eigenvalue weighted by molar-refractivity contribution is 7.16. The van der Waals surface area contributed by atoms with E-state index in [0.29, 0.717) is 10.0 Å². The van der Waals surface area contributed by atoms with E-state index in [1.165, 1.54) is 22.5 Å². The second-order valence-electron chi connectivity index (χ2n) is 4.22. The summed E-state index contributed by atoms with van der Waals surface area (Å²) >= 11 is 7.36. The van der Waals surface area contributed by atoms with Gasteiger partial charge in [0.15, 0.2) is 5.13 Å². The van der Waals surface area contributed by atoms with Gasteiger partial charge >= 0.3 is 0 Å². The molecule has 5 heteroatoms. The minimum Gasteiger partial charge on any atom is -0.391 e. The number of rotatable bonds is 3. The molecule has 0 unspecified atom stereocenters. The SMILES string of the molecule is Cc1ccc(N(C)c2nc(Cl)c(CO)s2)c(C)c1. The van der Waals surface area contributed by atoms with E-state index in [2.05, 4.69) is 37.0 Å². The zero-order chi connectivity index (χ0) is 13.3. The van der Waals surface area contributed by atoms with Crippen LogP contribution in [0.5, 0.6) is 0 Å². The van der Waals surface area contributed by atoms with Crippen LogP contribution in [0.15, 0.2) is 18.2 Å². The van der Waals surface area contributed by atoms with E-state index < -0.39 is 0 Å². The van der Waals surface area contributed by atoms with Crippen LogP contribution in [-0.4, -0.2) is 17.1 Å². The van der Waals surface area contributed by atoms with Crippen molar-refractivity contribution >= 4 is 33.8 Å². The third-order valence-corrected chi connectivity index (χ3v) is 4.32. The lowest BCUT2D eigenvalue weighted by atomic mass is 10.1. The van der Waals surface area contributed by atoms with Crippen LogP contribution >= 0.6 is 22.9 Å². The van der Waals surface area contributed by atoms with E-state index >= 15 is 0 Å². The molecule has 1 aromatic carbocycles. The summed E-state index contributed by atoms with van der Waals surface area (Å²) in [7, 11) is 1.95. The van der Waals surface area contributed by atoms with Gasteiger partial charge in [0, 0.05) is 12.7 Å². The van der Waals surface area contributed by atoms with Crippen LogP contribution in [0, 0.1) is 13.8 Å². The summed E-state index contributed by atoms with van der Waals surface area (Å²) < 4.78 is 0. The molecule has 1 aromatic heterocycles. The fourth-order valence-electron chi connectivity index (χ4n) is 1.85. The number of benzene rings is 1. The van der Waals surface area contributed by atoms with Crippen molar-refractivity contribution in [1.82, 2.24) is 4.98 Å². The number of hydrogen-bond acceptors (Lipinski definition) is 4. The Morgan fingerprint density at radius 1 is 1.39 bits per heavy atom. The Hall–Kier alpha value is -1.10. The van der Waals surface area contributed by atoms with Gasteiger partial charge in [0.2, 0.25) is 0 Å². The maximum absolute atomic E-state index is 9.14. The molecule has 0 fully saturated rings. The van der Waals surface area contributed by atoms with E-state index in [4.69, 9.17) is 16.7 Å². The lowest BCUT2D eigenvalue weighted by molar-refractivity contribution is 0.285. The van der Waals surface area contributed by atoms with E-state index in [1.54, 1.807) is 0 Å². The first kappa shape index (κ1) is 13.3. The maximum Gasteiger partial charge on any atom is 0.191 e. The van der Waals surface area contributed by atoms with Gasteiger partial charge in [-0.2, -0.15) is 0 Å². The Morgan fingerprint density at radius 3 is 2.67 bits per heavy atom. The van der Waals surface area contributed by atoms with Crippen molar-refractivity contribution in [3.8, 4) is 0 Å². The maximum atomic E-state index is 9.14. The second kappa shape index (κ2) is 5.26. The zero-order valence-electron chi connectivity index (χ0n) is 10.6. The number of halogens is 1. The van der Waals surface area contributed by atoms with Crippen LogP contribution in [-0.2, 0) is 6.61 Å². The quantitative estimate of drug-likeness (QED) is 0.933. The summed E-state index contributed by atoms with van der Waals surface area (Å²) in [6.45, 7) is 4.07. The van der Waals surface area contributed by atoms with Gasteiger partial charge in [-0.1, -0.05) is 40.6 Å². The molecular weight excluding hydrogens is 268 g/mol. The smallest absolute Gasteiger partial charge is 0.191 e. The first-order valence-electron chi connectivity index (χ1n) is 5.60. The molecule has 0 atom stereocenters. The van der Waals surface area contributed by atoms with E-state index in [0.717, 1.165) is 10.8 Å². The average molecular weight is 283 g/mol. The minimum atomic E-state index is -0.0722. The number of anilines is 2. The lowest BCUT2D eigenvalue weighted by Crippen LogP contribution is -2.10. The van der Waals surface area contributed by atoms with Gasteiger partial charge in [-0.15, -0.1) is 0 Å². The number of nitrogens with zero attached hydrogens (tertiary/aromatic N) is 2. The molecule has 0 aliphatic carbocycles. The number of thiazole rings is 1. The molecular formula is C13H15ClN2OS. The molecule has 96 valence electrons. The molecule has 2 aromatic rings. The van der Waals surface area contributed by atoms with Gasteiger partial charge in [0.05, 0.1) is 11.5 Å².